The monoisotopic (exact) mass is 226 g/mol. The van der Waals surface area contributed by atoms with E-state index in [0.717, 1.165) is 12.2 Å². The highest BCUT2D eigenvalue weighted by Crippen LogP contribution is 2.28. The first-order valence-electron chi connectivity index (χ1n) is 4.27. The first-order valence-corrected chi connectivity index (χ1v) is 4.27. The predicted octanol–water partition coefficient (Wildman–Crippen LogP) is 2.31. The highest BCUT2D eigenvalue weighted by atomic mass is 19.4. The second-order valence-corrected chi connectivity index (χ2v) is 3.24. The van der Waals surface area contributed by atoms with E-state index >= 15 is 0 Å². The smallest absolute Gasteiger partial charge is 0.406 e. The normalized spacial score (nSPS) is 28.5. The van der Waals surface area contributed by atoms with Crippen LogP contribution in [0.15, 0.2) is 24.0 Å². The maximum absolute atomic E-state index is 13.2. The van der Waals surface area contributed by atoms with Gasteiger partial charge in [-0.3, -0.25) is 0 Å². The van der Waals surface area contributed by atoms with Gasteiger partial charge in [-0.25, -0.2) is 4.39 Å². The Morgan fingerprint density at radius 2 is 2.07 bits per heavy atom. The molecule has 0 saturated heterocycles. The lowest BCUT2D eigenvalue weighted by Gasteiger charge is -2.22. The van der Waals surface area contributed by atoms with Crippen molar-refractivity contribution < 1.29 is 27.4 Å². The number of alkyl halides is 4. The van der Waals surface area contributed by atoms with Gasteiger partial charge >= 0.3 is 6.36 Å². The van der Waals surface area contributed by atoms with Crippen molar-refractivity contribution in [1.29, 1.82) is 0 Å². The lowest BCUT2D eigenvalue weighted by molar-refractivity contribution is -0.303. The molecule has 0 aromatic heterocycles. The molecule has 0 saturated carbocycles. The Hall–Kier alpha value is -1.04. The number of allylic oxidation sites excluding steroid dienone is 2. The van der Waals surface area contributed by atoms with Crippen LogP contribution in [-0.4, -0.2) is 23.7 Å². The Labute approximate surface area is 83.8 Å². The maximum atomic E-state index is 13.2. The van der Waals surface area contributed by atoms with E-state index in [1.807, 2.05) is 0 Å². The van der Waals surface area contributed by atoms with Crippen LogP contribution in [0.2, 0.25) is 0 Å². The third kappa shape index (κ3) is 3.54. The van der Waals surface area contributed by atoms with E-state index in [1.165, 1.54) is 6.92 Å². The van der Waals surface area contributed by atoms with Crippen LogP contribution in [0.4, 0.5) is 17.6 Å². The summed E-state index contributed by atoms with van der Waals surface area (Å²) < 4.78 is 52.0. The van der Waals surface area contributed by atoms with Gasteiger partial charge in [-0.15, -0.1) is 13.2 Å². The van der Waals surface area contributed by atoms with Crippen LogP contribution < -0.4 is 0 Å². The molecule has 1 aliphatic carbocycles. The molecule has 15 heavy (non-hydrogen) atoms. The summed E-state index contributed by atoms with van der Waals surface area (Å²) >= 11 is 0. The minimum atomic E-state index is -4.83. The van der Waals surface area contributed by atoms with Crippen molar-refractivity contribution in [1.82, 2.24) is 0 Å². The van der Waals surface area contributed by atoms with Crippen molar-refractivity contribution in [2.24, 2.45) is 5.92 Å². The summed E-state index contributed by atoms with van der Waals surface area (Å²) in [5.74, 6) is -1.42. The van der Waals surface area contributed by atoms with Crippen LogP contribution >= 0.6 is 0 Å². The molecule has 0 aromatic carbocycles. The first kappa shape index (κ1) is 12.0. The quantitative estimate of drug-likeness (QED) is 0.732. The maximum Gasteiger partial charge on any atom is 0.573 e. The van der Waals surface area contributed by atoms with Crippen LogP contribution in [-0.2, 0) is 4.74 Å². The third-order valence-electron chi connectivity index (χ3n) is 1.96. The van der Waals surface area contributed by atoms with E-state index in [2.05, 4.69) is 4.74 Å². The molecule has 0 amide bonds. The van der Waals surface area contributed by atoms with Gasteiger partial charge in [0.05, 0.1) is 6.10 Å². The molecule has 0 radical (unpaired) electrons. The predicted molar refractivity (Wildman–Crippen MR) is 44.4 cm³/mol. The Kier molecular flexibility index (Phi) is 3.38. The van der Waals surface area contributed by atoms with E-state index in [9.17, 15) is 17.6 Å². The lowest BCUT2D eigenvalue weighted by atomic mass is 9.93. The minimum absolute atomic E-state index is 0.591. The Morgan fingerprint density at radius 3 is 2.47 bits per heavy atom. The zero-order chi connectivity index (χ0) is 11.6. The van der Waals surface area contributed by atoms with Gasteiger partial charge < -0.3 is 9.84 Å². The molecule has 0 bridgehead atoms. The molecule has 1 rings (SSSR count). The molecule has 0 heterocycles. The number of aliphatic hydroxyl groups is 1. The van der Waals surface area contributed by atoms with Crippen molar-refractivity contribution in [2.75, 3.05) is 0 Å². The number of ether oxygens (including phenoxy) is 1. The summed E-state index contributed by atoms with van der Waals surface area (Å²) in [6.07, 6.45) is -4.59. The SMILES string of the molecule is CC(O)C1C=CC(OC(F)(F)F)=CC1F. The topological polar surface area (TPSA) is 29.5 Å². The molecule has 3 atom stereocenters. The molecule has 0 aliphatic heterocycles. The summed E-state index contributed by atoms with van der Waals surface area (Å²) in [6, 6.07) is 0. The summed E-state index contributed by atoms with van der Waals surface area (Å²) in [5, 5.41) is 9.08. The number of hydrogen-bond donors (Lipinski definition) is 1. The minimum Gasteiger partial charge on any atom is -0.406 e. The zero-order valence-corrected chi connectivity index (χ0v) is 7.83. The van der Waals surface area contributed by atoms with E-state index < -0.39 is 30.3 Å². The summed E-state index contributed by atoms with van der Waals surface area (Å²) in [7, 11) is 0. The van der Waals surface area contributed by atoms with Gasteiger partial charge in [0, 0.05) is 5.92 Å². The van der Waals surface area contributed by atoms with Gasteiger partial charge in [-0.05, 0) is 19.1 Å². The van der Waals surface area contributed by atoms with Crippen LogP contribution in [0, 0.1) is 5.92 Å². The van der Waals surface area contributed by atoms with E-state index in [-0.39, 0.29) is 0 Å². The number of hydrogen-bond acceptors (Lipinski definition) is 2. The molecule has 1 aliphatic rings. The second kappa shape index (κ2) is 4.22. The fourth-order valence-corrected chi connectivity index (χ4v) is 1.26. The third-order valence-corrected chi connectivity index (χ3v) is 1.96. The van der Waals surface area contributed by atoms with Gasteiger partial charge in [0.2, 0.25) is 0 Å². The van der Waals surface area contributed by atoms with E-state index in [1.54, 1.807) is 0 Å². The fraction of sp³-hybridized carbons (Fsp3) is 0.556. The van der Waals surface area contributed by atoms with Crippen molar-refractivity contribution in [3.8, 4) is 0 Å². The van der Waals surface area contributed by atoms with Crippen LogP contribution in [0.1, 0.15) is 6.92 Å². The van der Waals surface area contributed by atoms with E-state index in [0.29, 0.717) is 6.08 Å². The van der Waals surface area contributed by atoms with Crippen LogP contribution in [0.5, 0.6) is 0 Å². The number of aliphatic hydroxyl groups excluding tert-OH is 1. The lowest BCUT2D eigenvalue weighted by Crippen LogP contribution is -2.27. The molecule has 6 heteroatoms. The fourth-order valence-electron chi connectivity index (χ4n) is 1.26. The molecule has 0 spiro atoms. The summed E-state index contributed by atoms with van der Waals surface area (Å²) in [6.45, 7) is 1.37. The van der Waals surface area contributed by atoms with E-state index in [4.69, 9.17) is 5.11 Å². The van der Waals surface area contributed by atoms with Crippen molar-refractivity contribution in [3.05, 3.63) is 24.0 Å². The van der Waals surface area contributed by atoms with Crippen LogP contribution in [0.3, 0.4) is 0 Å². The molecule has 0 aromatic rings. The molecule has 2 nitrogen and oxygen atoms in total. The van der Waals surface area contributed by atoms with Gasteiger partial charge in [0.25, 0.3) is 0 Å². The van der Waals surface area contributed by atoms with Gasteiger partial charge in [-0.2, -0.15) is 0 Å². The summed E-state index contributed by atoms with van der Waals surface area (Å²) in [5.41, 5.74) is 0. The van der Waals surface area contributed by atoms with Crippen LogP contribution in [0.25, 0.3) is 0 Å². The molecular formula is C9H10F4O2. The van der Waals surface area contributed by atoms with Crippen molar-refractivity contribution in [2.45, 2.75) is 25.6 Å². The van der Waals surface area contributed by atoms with Crippen molar-refractivity contribution >= 4 is 0 Å². The number of halogens is 4. The largest absolute Gasteiger partial charge is 0.573 e. The Balaban J connectivity index is 2.67. The molecule has 3 unspecified atom stereocenters. The molecular weight excluding hydrogens is 216 g/mol. The summed E-state index contributed by atoms with van der Waals surface area (Å²) in [4.78, 5) is 0. The zero-order valence-electron chi connectivity index (χ0n) is 7.83. The molecule has 86 valence electrons. The van der Waals surface area contributed by atoms with Crippen molar-refractivity contribution in [3.63, 3.8) is 0 Å². The Morgan fingerprint density at radius 1 is 1.47 bits per heavy atom. The molecule has 1 N–H and O–H groups in total. The average molecular weight is 226 g/mol. The standard InChI is InChI=1S/C9H10F4O2/c1-5(14)7-3-2-6(4-8(7)10)15-9(11,12)13/h2-5,7-8,14H,1H3. The average Bonchev–Trinajstić information content (AvgIpc) is 1.99. The highest BCUT2D eigenvalue weighted by molar-refractivity contribution is 5.22. The van der Waals surface area contributed by atoms with Gasteiger partial charge in [0.15, 0.2) is 0 Å². The number of rotatable bonds is 2. The van der Waals surface area contributed by atoms with Gasteiger partial charge in [0.1, 0.15) is 11.9 Å². The second-order valence-electron chi connectivity index (χ2n) is 3.24. The first-order chi connectivity index (χ1) is 6.79. The highest BCUT2D eigenvalue weighted by Gasteiger charge is 2.34. The van der Waals surface area contributed by atoms with Gasteiger partial charge in [-0.1, -0.05) is 6.08 Å². The Bertz CT molecular complexity index is 280. The molecule has 0 fully saturated rings.